The minimum Gasteiger partial charge on any atom is -0.396 e. The molecule has 0 aromatic rings. The lowest BCUT2D eigenvalue weighted by Crippen LogP contribution is -2.29. The van der Waals surface area contributed by atoms with Crippen molar-refractivity contribution in [3.8, 4) is 0 Å². The molecule has 2 aliphatic rings. The number of rotatable bonds is 6. The Morgan fingerprint density at radius 1 is 1.29 bits per heavy atom. The molecule has 3 atom stereocenters. The zero-order valence-corrected chi connectivity index (χ0v) is 12.9. The van der Waals surface area contributed by atoms with Gasteiger partial charge in [0, 0.05) is 26.7 Å². The first kappa shape index (κ1) is 16.4. The van der Waals surface area contributed by atoms with E-state index in [-0.39, 0.29) is 24.7 Å². The van der Waals surface area contributed by atoms with E-state index in [1.54, 1.807) is 14.2 Å². The molecule has 0 aliphatic heterocycles. The molecule has 0 aromatic heterocycles. The van der Waals surface area contributed by atoms with E-state index in [4.69, 9.17) is 9.47 Å². The monoisotopic (exact) mass is 294 g/mol. The van der Waals surface area contributed by atoms with Crippen molar-refractivity contribution in [1.82, 2.24) is 0 Å². The Morgan fingerprint density at radius 2 is 2.10 bits per heavy atom. The number of ether oxygens (including phenoxy) is 2. The third-order valence-electron chi connectivity index (χ3n) is 4.39. The molecule has 0 bridgehead atoms. The van der Waals surface area contributed by atoms with Crippen molar-refractivity contribution < 1.29 is 19.7 Å². The van der Waals surface area contributed by atoms with Gasteiger partial charge in [-0.1, -0.05) is 23.8 Å². The summed E-state index contributed by atoms with van der Waals surface area (Å²) in [6.45, 7) is 0.753. The molecular formula is C17H26O4. The van der Waals surface area contributed by atoms with E-state index in [9.17, 15) is 10.2 Å². The van der Waals surface area contributed by atoms with Gasteiger partial charge in [0.25, 0.3) is 0 Å². The molecular weight excluding hydrogens is 268 g/mol. The molecule has 0 heterocycles. The van der Waals surface area contributed by atoms with Gasteiger partial charge in [-0.25, -0.2) is 0 Å². The molecule has 2 N–H and O–H groups in total. The Hall–Kier alpha value is -0.940. The molecule has 0 aromatic carbocycles. The fourth-order valence-electron chi connectivity index (χ4n) is 3.26. The van der Waals surface area contributed by atoms with Crippen LogP contribution in [-0.4, -0.2) is 49.9 Å². The van der Waals surface area contributed by atoms with Crippen LogP contribution in [0.3, 0.4) is 0 Å². The minimum atomic E-state index is -0.363. The molecule has 4 nitrogen and oxygen atoms in total. The number of hydrogen-bond acceptors (Lipinski definition) is 4. The summed E-state index contributed by atoms with van der Waals surface area (Å²) in [5, 5.41) is 19.7. The first-order valence-corrected chi connectivity index (χ1v) is 7.58. The summed E-state index contributed by atoms with van der Waals surface area (Å²) in [6, 6.07) is 0. The largest absolute Gasteiger partial charge is 0.396 e. The standard InChI is InChI=1S/C17H26O4/c1-20-11-12-3-6-17(19)16(9-12)15-5-4-14(21-2)10-13(15)7-8-18/h3-5,14,16-19H,6-11H2,1-2H3. The van der Waals surface area contributed by atoms with Crippen LogP contribution in [0.1, 0.15) is 25.7 Å². The van der Waals surface area contributed by atoms with Crippen LogP contribution in [0.2, 0.25) is 0 Å². The minimum absolute atomic E-state index is 0.0741. The highest BCUT2D eigenvalue weighted by atomic mass is 16.5. The molecule has 0 fully saturated rings. The Balaban J connectivity index is 2.20. The molecule has 118 valence electrons. The van der Waals surface area contributed by atoms with Gasteiger partial charge >= 0.3 is 0 Å². The van der Waals surface area contributed by atoms with E-state index in [1.807, 2.05) is 0 Å². The highest BCUT2D eigenvalue weighted by molar-refractivity contribution is 5.36. The fourth-order valence-corrected chi connectivity index (χ4v) is 3.26. The SMILES string of the molecule is COCC1=CCC(O)C(C2=C(CCO)CC(OC)C=C2)C1. The Morgan fingerprint density at radius 3 is 2.76 bits per heavy atom. The third kappa shape index (κ3) is 4.04. The van der Waals surface area contributed by atoms with Crippen molar-refractivity contribution >= 4 is 0 Å². The van der Waals surface area contributed by atoms with Crippen molar-refractivity contribution in [2.45, 2.75) is 37.9 Å². The summed E-state index contributed by atoms with van der Waals surface area (Å²) < 4.78 is 10.6. The maximum absolute atomic E-state index is 10.4. The molecule has 0 amide bonds. The van der Waals surface area contributed by atoms with Crippen LogP contribution in [0.15, 0.2) is 34.9 Å². The van der Waals surface area contributed by atoms with Crippen LogP contribution in [0, 0.1) is 5.92 Å². The van der Waals surface area contributed by atoms with Crippen molar-refractivity contribution in [3.05, 3.63) is 34.9 Å². The molecule has 21 heavy (non-hydrogen) atoms. The Labute approximate surface area is 126 Å². The van der Waals surface area contributed by atoms with Gasteiger partial charge in [-0.15, -0.1) is 0 Å². The third-order valence-corrected chi connectivity index (χ3v) is 4.39. The summed E-state index contributed by atoms with van der Waals surface area (Å²) in [5.74, 6) is 0.0933. The maximum atomic E-state index is 10.4. The smallest absolute Gasteiger partial charge is 0.0792 e. The number of allylic oxidation sites excluding steroid dienone is 1. The summed E-state index contributed by atoms with van der Waals surface area (Å²) in [4.78, 5) is 0. The number of methoxy groups -OCH3 is 2. The predicted molar refractivity (Wildman–Crippen MR) is 82.0 cm³/mol. The topological polar surface area (TPSA) is 58.9 Å². The molecule has 2 aliphatic carbocycles. The van der Waals surface area contributed by atoms with Crippen molar-refractivity contribution in [2.75, 3.05) is 27.4 Å². The van der Waals surface area contributed by atoms with Gasteiger partial charge in [-0.05, 0) is 36.8 Å². The van der Waals surface area contributed by atoms with Crippen molar-refractivity contribution in [1.29, 1.82) is 0 Å². The Kier molecular flexibility index (Phi) is 6.18. The first-order chi connectivity index (χ1) is 10.2. The van der Waals surface area contributed by atoms with Crippen molar-refractivity contribution in [2.24, 2.45) is 5.92 Å². The van der Waals surface area contributed by atoms with Gasteiger partial charge in [0.2, 0.25) is 0 Å². The van der Waals surface area contributed by atoms with Crippen LogP contribution in [0.5, 0.6) is 0 Å². The van der Waals surface area contributed by atoms with Crippen LogP contribution < -0.4 is 0 Å². The maximum Gasteiger partial charge on any atom is 0.0792 e. The summed E-state index contributed by atoms with van der Waals surface area (Å²) in [7, 11) is 3.40. The van der Waals surface area contributed by atoms with Gasteiger partial charge in [0.1, 0.15) is 0 Å². The average Bonchev–Trinajstić information content (AvgIpc) is 2.50. The number of hydrogen-bond donors (Lipinski definition) is 2. The molecule has 3 unspecified atom stereocenters. The fraction of sp³-hybridized carbons (Fsp3) is 0.647. The highest BCUT2D eigenvalue weighted by Gasteiger charge is 2.30. The van der Waals surface area contributed by atoms with Gasteiger partial charge < -0.3 is 19.7 Å². The first-order valence-electron chi connectivity index (χ1n) is 7.58. The molecule has 0 spiro atoms. The second-order valence-corrected chi connectivity index (χ2v) is 5.78. The normalized spacial score (nSPS) is 29.7. The lowest BCUT2D eigenvalue weighted by atomic mass is 9.76. The van der Waals surface area contributed by atoms with Gasteiger partial charge in [-0.3, -0.25) is 0 Å². The summed E-state index contributed by atoms with van der Waals surface area (Å²) in [6.07, 6.45) is 8.86. The van der Waals surface area contributed by atoms with Gasteiger partial charge in [0.15, 0.2) is 0 Å². The summed E-state index contributed by atoms with van der Waals surface area (Å²) in [5.41, 5.74) is 3.62. The average molecular weight is 294 g/mol. The number of aliphatic hydroxyl groups is 2. The Bertz CT molecular complexity index is 436. The molecule has 0 saturated heterocycles. The lowest BCUT2D eigenvalue weighted by molar-refractivity contribution is 0.112. The second-order valence-electron chi connectivity index (χ2n) is 5.78. The zero-order chi connectivity index (χ0) is 15.2. The molecule has 2 rings (SSSR count). The van der Waals surface area contributed by atoms with Gasteiger partial charge in [0.05, 0.1) is 18.8 Å². The highest BCUT2D eigenvalue weighted by Crippen LogP contribution is 2.37. The molecule has 0 saturated carbocycles. The van der Waals surface area contributed by atoms with Crippen molar-refractivity contribution in [3.63, 3.8) is 0 Å². The van der Waals surface area contributed by atoms with Crippen LogP contribution in [-0.2, 0) is 9.47 Å². The second kappa shape index (κ2) is 7.90. The van der Waals surface area contributed by atoms with E-state index >= 15 is 0 Å². The van der Waals surface area contributed by atoms with E-state index in [2.05, 4.69) is 18.2 Å². The van der Waals surface area contributed by atoms with Gasteiger partial charge in [-0.2, -0.15) is 0 Å². The van der Waals surface area contributed by atoms with Crippen LogP contribution in [0.4, 0.5) is 0 Å². The van der Waals surface area contributed by atoms with E-state index < -0.39 is 0 Å². The lowest BCUT2D eigenvalue weighted by Gasteiger charge is -2.33. The van der Waals surface area contributed by atoms with Crippen LogP contribution in [0.25, 0.3) is 0 Å². The molecule has 0 radical (unpaired) electrons. The van der Waals surface area contributed by atoms with E-state index in [0.717, 1.165) is 12.8 Å². The number of aliphatic hydroxyl groups excluding tert-OH is 2. The van der Waals surface area contributed by atoms with Crippen LogP contribution >= 0.6 is 0 Å². The van der Waals surface area contributed by atoms with E-state index in [1.165, 1.54) is 16.7 Å². The predicted octanol–water partition coefficient (Wildman–Crippen LogP) is 1.98. The van der Waals surface area contributed by atoms with E-state index in [0.29, 0.717) is 19.4 Å². The zero-order valence-electron chi connectivity index (χ0n) is 12.9. The summed E-state index contributed by atoms with van der Waals surface area (Å²) >= 11 is 0. The quantitative estimate of drug-likeness (QED) is 0.736. The molecule has 4 heteroatoms.